The van der Waals surface area contributed by atoms with Gasteiger partial charge in [-0.2, -0.15) is 0 Å². The van der Waals surface area contributed by atoms with Crippen molar-refractivity contribution in [2.24, 2.45) is 5.92 Å². The average molecular weight is 275 g/mol. The summed E-state index contributed by atoms with van der Waals surface area (Å²) in [6.07, 6.45) is 0.417. The van der Waals surface area contributed by atoms with Crippen molar-refractivity contribution in [3.8, 4) is 11.8 Å². The molecule has 0 spiro atoms. The number of aliphatic hydroxyl groups is 1. The number of imide groups is 1. The molecule has 1 aliphatic rings. The standard InChI is InChI=1S/C15H14FNO3/c1-10-8-14(19)17(15(10)20)13-6-5-11(9-12(13)16)4-2-3-7-18/h5-6,9-10,18H,3,7-8H2,1H3. The molecular formula is C15H14FNO3. The van der Waals surface area contributed by atoms with E-state index in [1.165, 1.54) is 12.1 Å². The zero-order valence-electron chi connectivity index (χ0n) is 11.0. The largest absolute Gasteiger partial charge is 0.395 e. The first-order chi connectivity index (χ1) is 9.54. The zero-order valence-corrected chi connectivity index (χ0v) is 11.0. The maximum atomic E-state index is 14.0. The van der Waals surface area contributed by atoms with Crippen LogP contribution in [0.25, 0.3) is 0 Å². The van der Waals surface area contributed by atoms with Crippen LogP contribution in [0.15, 0.2) is 18.2 Å². The van der Waals surface area contributed by atoms with Crippen LogP contribution in [-0.4, -0.2) is 23.5 Å². The van der Waals surface area contributed by atoms with Gasteiger partial charge < -0.3 is 5.11 Å². The van der Waals surface area contributed by atoms with Gasteiger partial charge in [0, 0.05) is 24.3 Å². The van der Waals surface area contributed by atoms with E-state index < -0.39 is 11.7 Å². The molecule has 1 saturated heterocycles. The van der Waals surface area contributed by atoms with E-state index in [-0.39, 0.29) is 30.5 Å². The minimum Gasteiger partial charge on any atom is -0.395 e. The lowest BCUT2D eigenvalue weighted by Crippen LogP contribution is -2.30. The van der Waals surface area contributed by atoms with Crippen LogP contribution in [-0.2, 0) is 9.59 Å². The van der Waals surface area contributed by atoms with E-state index in [0.717, 1.165) is 4.90 Å². The van der Waals surface area contributed by atoms with E-state index in [4.69, 9.17) is 5.11 Å². The summed E-state index contributed by atoms with van der Waals surface area (Å²) in [6.45, 7) is 1.59. The monoisotopic (exact) mass is 275 g/mol. The Kier molecular flexibility index (Phi) is 4.16. The van der Waals surface area contributed by atoms with E-state index in [2.05, 4.69) is 11.8 Å². The summed E-state index contributed by atoms with van der Waals surface area (Å²) in [5.41, 5.74) is 0.406. The van der Waals surface area contributed by atoms with Gasteiger partial charge >= 0.3 is 0 Å². The Morgan fingerprint density at radius 1 is 1.45 bits per heavy atom. The fourth-order valence-corrected chi connectivity index (χ4v) is 2.02. The normalized spacial score (nSPS) is 18.1. The molecule has 1 fully saturated rings. The number of rotatable bonds is 2. The first kappa shape index (κ1) is 14.2. The Hall–Kier alpha value is -2.19. The number of benzene rings is 1. The Morgan fingerprint density at radius 2 is 2.20 bits per heavy atom. The number of carbonyl (C=O) groups is 2. The molecule has 1 N–H and O–H groups in total. The number of amides is 2. The topological polar surface area (TPSA) is 57.6 Å². The SMILES string of the molecule is CC1CC(=O)N(c2ccc(C#CCCO)cc2F)C1=O. The quantitative estimate of drug-likeness (QED) is 0.656. The fraction of sp³-hybridized carbons (Fsp3) is 0.333. The van der Waals surface area contributed by atoms with Crippen LogP contribution in [0.4, 0.5) is 10.1 Å². The van der Waals surface area contributed by atoms with Gasteiger partial charge in [0.25, 0.3) is 0 Å². The van der Waals surface area contributed by atoms with Crippen molar-refractivity contribution in [3.63, 3.8) is 0 Å². The lowest BCUT2D eigenvalue weighted by atomic mass is 10.1. The molecule has 1 aliphatic heterocycles. The van der Waals surface area contributed by atoms with Crippen LogP contribution in [0.5, 0.6) is 0 Å². The van der Waals surface area contributed by atoms with Crippen LogP contribution >= 0.6 is 0 Å². The minimum absolute atomic E-state index is 0.0305. The second kappa shape index (κ2) is 5.85. The number of hydrogen-bond acceptors (Lipinski definition) is 3. The molecule has 4 nitrogen and oxygen atoms in total. The fourth-order valence-electron chi connectivity index (χ4n) is 2.02. The highest BCUT2D eigenvalue weighted by Crippen LogP contribution is 2.28. The van der Waals surface area contributed by atoms with Gasteiger partial charge in [-0.3, -0.25) is 9.59 Å². The lowest BCUT2D eigenvalue weighted by molar-refractivity contribution is -0.122. The van der Waals surface area contributed by atoms with Crippen LogP contribution in [0, 0.1) is 23.6 Å². The van der Waals surface area contributed by atoms with Crippen molar-refractivity contribution in [2.45, 2.75) is 19.8 Å². The molecule has 1 heterocycles. The van der Waals surface area contributed by atoms with Crippen LogP contribution < -0.4 is 4.90 Å². The van der Waals surface area contributed by atoms with Gasteiger partial charge in [-0.25, -0.2) is 9.29 Å². The first-order valence-corrected chi connectivity index (χ1v) is 6.30. The highest BCUT2D eigenvalue weighted by molar-refractivity contribution is 6.20. The Bertz CT molecular complexity index is 615. The molecule has 1 unspecified atom stereocenters. The van der Waals surface area contributed by atoms with E-state index in [1.807, 2.05) is 0 Å². The maximum Gasteiger partial charge on any atom is 0.237 e. The van der Waals surface area contributed by atoms with Crippen LogP contribution in [0.1, 0.15) is 25.3 Å². The number of anilines is 1. The predicted octanol–water partition coefficient (Wildman–Crippen LogP) is 1.46. The van der Waals surface area contributed by atoms with Crippen LogP contribution in [0.3, 0.4) is 0 Å². The molecule has 0 aliphatic carbocycles. The van der Waals surface area contributed by atoms with Crippen molar-refractivity contribution >= 4 is 17.5 Å². The lowest BCUT2D eigenvalue weighted by Gasteiger charge is -2.15. The van der Waals surface area contributed by atoms with Crippen LogP contribution in [0.2, 0.25) is 0 Å². The summed E-state index contributed by atoms with van der Waals surface area (Å²) >= 11 is 0. The molecule has 5 heteroatoms. The predicted molar refractivity (Wildman–Crippen MR) is 71.3 cm³/mol. The molecule has 0 bridgehead atoms. The summed E-state index contributed by atoms with van der Waals surface area (Å²) in [5.74, 6) is 3.54. The molecule has 2 amide bonds. The average Bonchev–Trinajstić information content (AvgIpc) is 2.65. The molecule has 0 aromatic heterocycles. The second-order valence-electron chi connectivity index (χ2n) is 4.61. The van der Waals surface area contributed by atoms with Gasteiger partial charge in [0.15, 0.2) is 0 Å². The molecule has 1 aromatic carbocycles. The summed E-state index contributed by atoms with van der Waals surface area (Å²) < 4.78 is 14.0. The first-order valence-electron chi connectivity index (χ1n) is 6.30. The van der Waals surface area contributed by atoms with E-state index in [9.17, 15) is 14.0 Å². The van der Waals surface area contributed by atoms with E-state index in [1.54, 1.807) is 13.0 Å². The molecule has 0 radical (unpaired) electrons. The van der Waals surface area contributed by atoms with Crippen molar-refractivity contribution in [1.82, 2.24) is 0 Å². The maximum absolute atomic E-state index is 14.0. The number of halogens is 1. The summed E-state index contributed by atoms with van der Waals surface area (Å²) in [4.78, 5) is 24.5. The molecule has 2 rings (SSSR count). The number of carbonyl (C=O) groups excluding carboxylic acids is 2. The second-order valence-corrected chi connectivity index (χ2v) is 4.61. The Morgan fingerprint density at radius 3 is 2.75 bits per heavy atom. The molecule has 1 atom stereocenters. The van der Waals surface area contributed by atoms with Crippen molar-refractivity contribution in [3.05, 3.63) is 29.6 Å². The Labute approximate surface area is 116 Å². The molecule has 20 heavy (non-hydrogen) atoms. The smallest absolute Gasteiger partial charge is 0.237 e. The van der Waals surface area contributed by atoms with Gasteiger partial charge in [0.1, 0.15) is 5.82 Å². The summed E-state index contributed by atoms with van der Waals surface area (Å²) in [7, 11) is 0. The van der Waals surface area contributed by atoms with Gasteiger partial charge in [-0.05, 0) is 18.2 Å². The molecule has 1 aromatic rings. The van der Waals surface area contributed by atoms with Crippen molar-refractivity contribution in [2.75, 3.05) is 11.5 Å². The van der Waals surface area contributed by atoms with Gasteiger partial charge in [0.2, 0.25) is 11.8 Å². The highest BCUT2D eigenvalue weighted by atomic mass is 19.1. The minimum atomic E-state index is -0.656. The van der Waals surface area contributed by atoms with Crippen molar-refractivity contribution < 1.29 is 19.1 Å². The number of aliphatic hydroxyl groups excluding tert-OH is 1. The third kappa shape index (κ3) is 2.70. The van der Waals surface area contributed by atoms with E-state index in [0.29, 0.717) is 12.0 Å². The van der Waals surface area contributed by atoms with Gasteiger partial charge in [-0.1, -0.05) is 18.8 Å². The zero-order chi connectivity index (χ0) is 14.7. The van der Waals surface area contributed by atoms with Crippen molar-refractivity contribution in [1.29, 1.82) is 0 Å². The highest BCUT2D eigenvalue weighted by Gasteiger charge is 2.37. The molecule has 0 saturated carbocycles. The number of nitrogens with zero attached hydrogens (tertiary/aromatic N) is 1. The van der Waals surface area contributed by atoms with E-state index >= 15 is 0 Å². The van der Waals surface area contributed by atoms with Gasteiger partial charge in [0.05, 0.1) is 12.3 Å². The number of hydrogen-bond donors (Lipinski definition) is 1. The molecular weight excluding hydrogens is 261 g/mol. The third-order valence-electron chi connectivity index (χ3n) is 3.03. The van der Waals surface area contributed by atoms with Gasteiger partial charge in [-0.15, -0.1) is 0 Å². The Balaban J connectivity index is 2.29. The summed E-state index contributed by atoms with van der Waals surface area (Å²) in [6, 6.07) is 4.11. The molecule has 104 valence electrons. The summed E-state index contributed by atoms with van der Waals surface area (Å²) in [5, 5.41) is 8.61. The third-order valence-corrected chi connectivity index (χ3v) is 3.03.